The van der Waals surface area contributed by atoms with Crippen LogP contribution < -0.4 is 5.32 Å². The molecule has 3 saturated carbocycles. The average molecular weight is 301 g/mol. The number of unbranched alkanes of at least 4 members (excludes halogenated alkanes) is 1. The summed E-state index contributed by atoms with van der Waals surface area (Å²) < 4.78 is 0. The Hall–Kier alpha value is -1.45. The van der Waals surface area contributed by atoms with Crippen LogP contribution in [0.2, 0.25) is 0 Å². The van der Waals surface area contributed by atoms with Crippen LogP contribution in [0.5, 0.6) is 0 Å². The molecule has 1 amide bonds. The first-order valence-corrected chi connectivity index (χ1v) is 8.55. The van der Waals surface area contributed by atoms with Gasteiger partial charge in [0.25, 0.3) is 0 Å². The number of hydrogen-bond donors (Lipinski definition) is 1. The van der Waals surface area contributed by atoms with Crippen LogP contribution in [0.3, 0.4) is 0 Å². The number of amides is 1. The number of rotatable bonds is 4. The smallest absolute Gasteiger partial charge is 0.228 e. The summed E-state index contributed by atoms with van der Waals surface area (Å²) in [6, 6.07) is 0. The zero-order valence-electron chi connectivity index (χ0n) is 13.2. The van der Waals surface area contributed by atoms with Gasteiger partial charge in [0.05, 0.1) is 11.3 Å². The summed E-state index contributed by atoms with van der Waals surface area (Å²) >= 11 is 0. The van der Waals surface area contributed by atoms with Crippen molar-refractivity contribution in [1.82, 2.24) is 5.32 Å². The molecule has 4 rings (SSSR count). The van der Waals surface area contributed by atoms with E-state index in [1.165, 1.54) is 0 Å². The molecular weight excluding hydrogens is 278 g/mol. The number of allylic oxidation sites excluding steroid dienone is 2. The highest BCUT2D eigenvalue weighted by atomic mass is 16.2. The fraction of sp³-hybridized carbons (Fsp3) is 0.722. The van der Waals surface area contributed by atoms with Gasteiger partial charge in [-0.2, -0.15) is 0 Å². The highest BCUT2D eigenvalue weighted by molar-refractivity contribution is 6.10. The molecule has 22 heavy (non-hydrogen) atoms. The topological polar surface area (TPSA) is 63.2 Å². The first-order chi connectivity index (χ1) is 10.5. The molecule has 0 aromatic heterocycles. The van der Waals surface area contributed by atoms with Crippen LogP contribution in [0.15, 0.2) is 12.2 Å². The maximum atomic E-state index is 13.1. The summed E-state index contributed by atoms with van der Waals surface area (Å²) in [5.41, 5.74) is -1.39. The molecule has 4 bridgehead atoms. The van der Waals surface area contributed by atoms with Crippen LogP contribution in [0, 0.1) is 34.5 Å². The zero-order valence-corrected chi connectivity index (χ0v) is 13.2. The van der Waals surface area contributed by atoms with Crippen molar-refractivity contribution >= 4 is 17.5 Å². The van der Waals surface area contributed by atoms with Gasteiger partial charge in [-0.3, -0.25) is 14.4 Å². The van der Waals surface area contributed by atoms with Crippen LogP contribution in [-0.4, -0.2) is 24.0 Å². The number of carbonyl (C=O) groups excluding carboxylic acids is 3. The van der Waals surface area contributed by atoms with Crippen LogP contribution in [0.4, 0.5) is 0 Å². The molecular formula is C18H23NO3. The maximum absolute atomic E-state index is 13.1. The predicted octanol–water partition coefficient (Wildman–Crippen LogP) is 1.89. The Morgan fingerprint density at radius 1 is 1.36 bits per heavy atom. The normalized spacial score (nSPS) is 47.4. The molecule has 4 aliphatic carbocycles. The van der Waals surface area contributed by atoms with Crippen molar-refractivity contribution in [2.24, 2.45) is 34.5 Å². The second-order valence-electron chi connectivity index (χ2n) is 7.64. The highest BCUT2D eigenvalue weighted by Crippen LogP contribution is 2.73. The second-order valence-corrected chi connectivity index (χ2v) is 7.64. The number of Topliss-reactive ketones (excluding diaryl/α,β-unsaturated/α-hetero) is 2. The highest BCUT2D eigenvalue weighted by Gasteiger charge is 2.80. The lowest BCUT2D eigenvalue weighted by molar-refractivity contribution is -0.142. The molecule has 4 nitrogen and oxygen atoms in total. The van der Waals surface area contributed by atoms with Gasteiger partial charge in [-0.05, 0) is 26.2 Å². The molecule has 4 aliphatic rings. The number of hydrogen-bond acceptors (Lipinski definition) is 3. The third-order valence-corrected chi connectivity index (χ3v) is 6.79. The molecule has 1 N–H and O–H groups in total. The number of fused-ring (bicyclic) bond motifs is 9. The van der Waals surface area contributed by atoms with Crippen molar-refractivity contribution < 1.29 is 14.4 Å². The summed E-state index contributed by atoms with van der Waals surface area (Å²) in [5, 5.41) is 3.04. The largest absolute Gasteiger partial charge is 0.356 e. The van der Waals surface area contributed by atoms with Crippen molar-refractivity contribution in [3.8, 4) is 0 Å². The summed E-state index contributed by atoms with van der Waals surface area (Å²) in [7, 11) is 0. The lowest BCUT2D eigenvalue weighted by atomic mass is 9.57. The van der Waals surface area contributed by atoms with Crippen LogP contribution in [0.1, 0.15) is 39.5 Å². The maximum Gasteiger partial charge on any atom is 0.228 e. The minimum atomic E-state index is -0.783. The monoisotopic (exact) mass is 301 g/mol. The Kier molecular flexibility index (Phi) is 2.77. The Morgan fingerprint density at radius 2 is 2.14 bits per heavy atom. The minimum absolute atomic E-state index is 0.0436. The van der Waals surface area contributed by atoms with E-state index in [0.29, 0.717) is 6.54 Å². The van der Waals surface area contributed by atoms with Gasteiger partial charge in [-0.1, -0.05) is 25.5 Å². The molecule has 118 valence electrons. The SMILES string of the molecule is CCCCNC(=O)C12C3C=CC(C)(C3=O)C1C1CCC2C1=O. The van der Waals surface area contributed by atoms with Crippen molar-refractivity contribution in [3.05, 3.63) is 12.2 Å². The first-order valence-electron chi connectivity index (χ1n) is 8.55. The summed E-state index contributed by atoms with van der Waals surface area (Å²) in [4.78, 5) is 38.6. The molecule has 0 heterocycles. The summed E-state index contributed by atoms with van der Waals surface area (Å²) in [6.07, 6.45) is 7.45. The molecule has 0 aromatic carbocycles. The van der Waals surface area contributed by atoms with Crippen molar-refractivity contribution in [1.29, 1.82) is 0 Å². The molecule has 6 atom stereocenters. The van der Waals surface area contributed by atoms with E-state index in [0.717, 1.165) is 25.7 Å². The standard InChI is InChI=1S/C18H23NO3/c1-3-4-9-19-16(22)18-11-6-5-10(13(11)20)14(18)17(2)8-7-12(18)15(17)21/h7-8,10-12,14H,3-6,9H2,1-2H3,(H,19,22). The first kappa shape index (κ1) is 14.2. The van der Waals surface area contributed by atoms with E-state index in [1.807, 2.05) is 19.1 Å². The summed E-state index contributed by atoms with van der Waals surface area (Å²) in [5.74, 6) is -0.483. The van der Waals surface area contributed by atoms with Gasteiger partial charge in [0.2, 0.25) is 5.91 Å². The summed E-state index contributed by atoms with van der Waals surface area (Å²) in [6.45, 7) is 4.65. The number of carbonyl (C=O) groups is 3. The average Bonchev–Trinajstić information content (AvgIpc) is 3.15. The molecule has 0 aliphatic heterocycles. The van der Waals surface area contributed by atoms with E-state index in [1.54, 1.807) is 0 Å². The Morgan fingerprint density at radius 3 is 2.86 bits per heavy atom. The van der Waals surface area contributed by atoms with Gasteiger partial charge in [0.1, 0.15) is 5.78 Å². The van der Waals surface area contributed by atoms with Crippen LogP contribution >= 0.6 is 0 Å². The zero-order chi connectivity index (χ0) is 15.7. The quantitative estimate of drug-likeness (QED) is 0.490. The van der Waals surface area contributed by atoms with E-state index >= 15 is 0 Å². The lowest BCUT2D eigenvalue weighted by Gasteiger charge is -2.43. The number of nitrogens with one attached hydrogen (secondary N) is 1. The van der Waals surface area contributed by atoms with E-state index in [4.69, 9.17) is 0 Å². The fourth-order valence-electron chi connectivity index (χ4n) is 5.97. The van der Waals surface area contributed by atoms with E-state index in [9.17, 15) is 14.4 Å². The molecule has 4 heteroatoms. The van der Waals surface area contributed by atoms with Crippen molar-refractivity contribution in [2.45, 2.75) is 39.5 Å². The predicted molar refractivity (Wildman–Crippen MR) is 80.8 cm³/mol. The minimum Gasteiger partial charge on any atom is -0.356 e. The lowest BCUT2D eigenvalue weighted by Crippen LogP contribution is -2.53. The van der Waals surface area contributed by atoms with Crippen LogP contribution in [0.25, 0.3) is 0 Å². The van der Waals surface area contributed by atoms with Gasteiger partial charge >= 0.3 is 0 Å². The Balaban J connectivity index is 1.78. The molecule has 0 saturated heterocycles. The Bertz CT molecular complexity index is 609. The molecule has 0 spiro atoms. The third kappa shape index (κ3) is 1.29. The fourth-order valence-corrected chi connectivity index (χ4v) is 5.97. The molecule has 0 aromatic rings. The molecule has 0 radical (unpaired) electrons. The van der Waals surface area contributed by atoms with Gasteiger partial charge in [-0.15, -0.1) is 0 Å². The van der Waals surface area contributed by atoms with Gasteiger partial charge in [0.15, 0.2) is 5.78 Å². The second kappa shape index (κ2) is 4.30. The van der Waals surface area contributed by atoms with Gasteiger partial charge < -0.3 is 5.32 Å². The van der Waals surface area contributed by atoms with Gasteiger partial charge in [0, 0.05) is 29.7 Å². The van der Waals surface area contributed by atoms with Crippen molar-refractivity contribution in [3.63, 3.8) is 0 Å². The van der Waals surface area contributed by atoms with Crippen LogP contribution in [-0.2, 0) is 14.4 Å². The van der Waals surface area contributed by atoms with Gasteiger partial charge in [-0.25, -0.2) is 0 Å². The van der Waals surface area contributed by atoms with E-state index in [2.05, 4.69) is 12.2 Å². The van der Waals surface area contributed by atoms with E-state index in [-0.39, 0.29) is 41.1 Å². The third-order valence-electron chi connectivity index (χ3n) is 6.79. The molecule has 3 fully saturated rings. The number of ketones is 2. The van der Waals surface area contributed by atoms with Crippen molar-refractivity contribution in [2.75, 3.05) is 6.54 Å². The Labute approximate surface area is 130 Å². The molecule has 6 unspecified atom stereocenters. The van der Waals surface area contributed by atoms with E-state index < -0.39 is 10.8 Å².